The number of benzene rings is 2. The molecule has 30 heavy (non-hydrogen) atoms. The molecule has 0 aliphatic carbocycles. The van der Waals surface area contributed by atoms with Crippen LogP contribution in [0.15, 0.2) is 66.9 Å². The molecule has 1 aliphatic heterocycles. The highest BCUT2D eigenvalue weighted by molar-refractivity contribution is 6.11. The summed E-state index contributed by atoms with van der Waals surface area (Å²) in [6.07, 6.45) is -0.683. The van der Waals surface area contributed by atoms with E-state index in [1.165, 1.54) is 12.3 Å². The van der Waals surface area contributed by atoms with Crippen molar-refractivity contribution in [3.63, 3.8) is 0 Å². The minimum atomic E-state index is -2.76. The fourth-order valence-electron chi connectivity index (χ4n) is 4.05. The molecule has 0 N–H and O–H groups in total. The molecular formula is C23H18F2N4O. The van der Waals surface area contributed by atoms with Crippen molar-refractivity contribution in [3.05, 3.63) is 83.7 Å². The van der Waals surface area contributed by atoms with Gasteiger partial charge in [-0.3, -0.25) is 4.79 Å². The third kappa shape index (κ3) is 2.85. The van der Waals surface area contributed by atoms with Crippen molar-refractivity contribution in [2.45, 2.75) is 25.8 Å². The van der Waals surface area contributed by atoms with Gasteiger partial charge in [-0.25, -0.2) is 18.3 Å². The molecular weight excluding hydrogens is 386 g/mol. The molecule has 0 spiro atoms. The van der Waals surface area contributed by atoms with Gasteiger partial charge in [-0.2, -0.15) is 5.10 Å². The molecule has 5 rings (SSSR count). The van der Waals surface area contributed by atoms with Crippen LogP contribution in [0.2, 0.25) is 0 Å². The van der Waals surface area contributed by atoms with Gasteiger partial charge in [0, 0.05) is 17.3 Å². The topological polar surface area (TPSA) is 50.5 Å². The number of halogens is 2. The molecule has 4 aromatic rings. The summed E-state index contributed by atoms with van der Waals surface area (Å²) in [6, 6.07) is 18.1. The highest BCUT2D eigenvalue weighted by Crippen LogP contribution is 2.34. The van der Waals surface area contributed by atoms with Gasteiger partial charge in [0.2, 0.25) is 0 Å². The molecule has 0 fully saturated rings. The third-order valence-electron chi connectivity index (χ3n) is 5.45. The Labute approximate surface area is 171 Å². The third-order valence-corrected chi connectivity index (χ3v) is 5.45. The van der Waals surface area contributed by atoms with E-state index >= 15 is 0 Å². The summed E-state index contributed by atoms with van der Waals surface area (Å²) >= 11 is 0. The molecule has 150 valence electrons. The summed E-state index contributed by atoms with van der Waals surface area (Å²) in [5, 5.41) is 4.07. The Morgan fingerprint density at radius 3 is 2.60 bits per heavy atom. The van der Waals surface area contributed by atoms with Gasteiger partial charge in [0.25, 0.3) is 12.3 Å². The number of nitrogens with zero attached hydrogens (tertiary/aromatic N) is 4. The number of hydrogen-bond acceptors (Lipinski definition) is 3. The smallest absolute Gasteiger partial charge is 0.280 e. The average Bonchev–Trinajstić information content (AvgIpc) is 3.33. The number of para-hydroxylation sites is 1. The number of fused-ring (bicyclic) bond motifs is 2. The van der Waals surface area contributed by atoms with Gasteiger partial charge in [-0.1, -0.05) is 48.5 Å². The summed E-state index contributed by atoms with van der Waals surface area (Å²) < 4.78 is 28.6. The van der Waals surface area contributed by atoms with Crippen molar-refractivity contribution in [1.29, 1.82) is 0 Å². The minimum absolute atomic E-state index is 0.0447. The van der Waals surface area contributed by atoms with Gasteiger partial charge in [0.15, 0.2) is 5.65 Å². The standard InChI is InChI=1S/C23H18F2N4O/c1-14-11-16-9-5-6-10-19(16)28(14)23(30)17-13-26-29-20(21(24)25)12-18(27-22(17)29)15-7-3-2-4-8-15/h2-10,12-14,21H,11H2,1H3/t14-/m1/s1. The molecule has 2 aromatic carbocycles. The quantitative estimate of drug-likeness (QED) is 0.487. The molecule has 7 heteroatoms. The van der Waals surface area contributed by atoms with Crippen LogP contribution in [0.25, 0.3) is 16.9 Å². The van der Waals surface area contributed by atoms with Crippen LogP contribution >= 0.6 is 0 Å². The number of hydrogen-bond donors (Lipinski definition) is 0. The first-order chi connectivity index (χ1) is 14.5. The van der Waals surface area contributed by atoms with E-state index in [1.54, 1.807) is 17.0 Å². The Morgan fingerprint density at radius 2 is 1.83 bits per heavy atom. The molecule has 1 atom stereocenters. The maximum Gasteiger partial charge on any atom is 0.280 e. The zero-order chi connectivity index (χ0) is 20.8. The van der Waals surface area contributed by atoms with Gasteiger partial charge in [-0.15, -0.1) is 0 Å². The molecule has 2 aromatic heterocycles. The first kappa shape index (κ1) is 18.4. The highest BCUT2D eigenvalue weighted by atomic mass is 19.3. The molecule has 1 amide bonds. The van der Waals surface area contributed by atoms with E-state index < -0.39 is 6.43 Å². The maximum atomic E-state index is 13.8. The van der Waals surface area contributed by atoms with Crippen molar-refractivity contribution in [2.24, 2.45) is 0 Å². The Morgan fingerprint density at radius 1 is 1.10 bits per heavy atom. The Bertz CT molecular complexity index is 1250. The van der Waals surface area contributed by atoms with Crippen molar-refractivity contribution in [3.8, 4) is 11.3 Å². The molecule has 0 saturated heterocycles. The largest absolute Gasteiger partial charge is 0.305 e. The minimum Gasteiger partial charge on any atom is -0.305 e. The summed E-state index contributed by atoms with van der Waals surface area (Å²) in [5.74, 6) is -0.291. The molecule has 0 saturated carbocycles. The van der Waals surface area contributed by atoms with Crippen molar-refractivity contribution < 1.29 is 13.6 Å². The average molecular weight is 404 g/mol. The van der Waals surface area contributed by atoms with Gasteiger partial charge >= 0.3 is 0 Å². The lowest BCUT2D eigenvalue weighted by atomic mass is 10.1. The van der Waals surface area contributed by atoms with E-state index in [9.17, 15) is 13.6 Å². The van der Waals surface area contributed by atoms with Crippen LogP contribution in [0.4, 0.5) is 14.5 Å². The van der Waals surface area contributed by atoms with Crippen LogP contribution < -0.4 is 4.90 Å². The predicted octanol–water partition coefficient (Wildman–Crippen LogP) is 4.93. The van der Waals surface area contributed by atoms with Crippen LogP contribution in [0.3, 0.4) is 0 Å². The number of anilines is 1. The lowest BCUT2D eigenvalue weighted by Crippen LogP contribution is -2.35. The van der Waals surface area contributed by atoms with Crippen molar-refractivity contribution in [1.82, 2.24) is 14.6 Å². The van der Waals surface area contributed by atoms with E-state index in [2.05, 4.69) is 10.1 Å². The second-order valence-corrected chi connectivity index (χ2v) is 7.38. The number of carbonyl (C=O) groups excluding carboxylic acids is 1. The van der Waals surface area contributed by atoms with E-state index in [4.69, 9.17) is 0 Å². The fourth-order valence-corrected chi connectivity index (χ4v) is 4.05. The summed E-state index contributed by atoms with van der Waals surface area (Å²) in [5.41, 5.74) is 3.03. The first-order valence-corrected chi connectivity index (χ1v) is 9.68. The zero-order valence-corrected chi connectivity index (χ0v) is 16.2. The number of alkyl halides is 2. The van der Waals surface area contributed by atoms with Crippen molar-refractivity contribution in [2.75, 3.05) is 4.90 Å². The predicted molar refractivity (Wildman–Crippen MR) is 110 cm³/mol. The monoisotopic (exact) mass is 404 g/mol. The SMILES string of the molecule is C[C@@H]1Cc2ccccc2N1C(=O)c1cnn2c(C(F)F)cc(-c3ccccc3)nc12. The molecule has 3 heterocycles. The number of rotatable bonds is 3. The maximum absolute atomic E-state index is 13.8. The lowest BCUT2D eigenvalue weighted by molar-refractivity contribution is 0.0982. The van der Waals surface area contributed by atoms with Gasteiger partial charge in [-0.05, 0) is 31.0 Å². The van der Waals surface area contributed by atoms with Crippen LogP contribution in [0.5, 0.6) is 0 Å². The van der Waals surface area contributed by atoms with Crippen molar-refractivity contribution >= 4 is 17.2 Å². The summed E-state index contributed by atoms with van der Waals surface area (Å²) in [7, 11) is 0. The molecule has 5 nitrogen and oxygen atoms in total. The zero-order valence-electron chi connectivity index (χ0n) is 16.2. The van der Waals surface area contributed by atoms with E-state index in [0.29, 0.717) is 11.3 Å². The summed E-state index contributed by atoms with van der Waals surface area (Å²) in [4.78, 5) is 19.7. The van der Waals surface area contributed by atoms with Gasteiger partial charge in [0.1, 0.15) is 11.3 Å². The highest BCUT2D eigenvalue weighted by Gasteiger charge is 2.33. The molecule has 1 aliphatic rings. The second kappa shape index (κ2) is 7.02. The van der Waals surface area contributed by atoms with Crippen LogP contribution in [-0.2, 0) is 6.42 Å². The normalized spacial score (nSPS) is 15.7. The first-order valence-electron chi connectivity index (χ1n) is 9.68. The lowest BCUT2D eigenvalue weighted by Gasteiger charge is -2.22. The Kier molecular flexibility index (Phi) is 4.31. The number of carbonyl (C=O) groups is 1. The second-order valence-electron chi connectivity index (χ2n) is 7.38. The molecule has 0 unspecified atom stereocenters. The molecule has 0 radical (unpaired) electrons. The summed E-state index contributed by atoms with van der Waals surface area (Å²) in [6.45, 7) is 1.97. The molecule has 0 bridgehead atoms. The van der Waals surface area contributed by atoms with Crippen LogP contribution in [-0.4, -0.2) is 26.5 Å². The van der Waals surface area contributed by atoms with Gasteiger partial charge in [0.05, 0.1) is 11.9 Å². The van der Waals surface area contributed by atoms with E-state index in [1.807, 2.05) is 49.4 Å². The van der Waals surface area contributed by atoms with E-state index in [-0.39, 0.29) is 28.9 Å². The van der Waals surface area contributed by atoms with Crippen LogP contribution in [0.1, 0.15) is 35.0 Å². The number of aromatic nitrogens is 3. The van der Waals surface area contributed by atoms with E-state index in [0.717, 1.165) is 22.2 Å². The van der Waals surface area contributed by atoms with Gasteiger partial charge < -0.3 is 4.90 Å². The van der Waals surface area contributed by atoms with Crippen LogP contribution in [0, 0.1) is 0 Å². The Hall–Kier alpha value is -3.61. The fraction of sp³-hybridized carbons (Fsp3) is 0.174. The number of amides is 1. The Balaban J connectivity index is 1.67.